The number of hydrogen-bond acceptors (Lipinski definition) is 9. The fourth-order valence-electron chi connectivity index (χ4n) is 8.63. The summed E-state index contributed by atoms with van der Waals surface area (Å²) < 4.78 is 26.5. The first-order valence-electron chi connectivity index (χ1n) is 20.5. The van der Waals surface area contributed by atoms with Crippen molar-refractivity contribution in [3.63, 3.8) is 0 Å². The van der Waals surface area contributed by atoms with Crippen LogP contribution in [0.3, 0.4) is 0 Å². The van der Waals surface area contributed by atoms with Gasteiger partial charge in [-0.3, -0.25) is 4.90 Å². The summed E-state index contributed by atoms with van der Waals surface area (Å²) >= 11 is 0. The van der Waals surface area contributed by atoms with Crippen LogP contribution in [-0.4, -0.2) is 78.3 Å². The van der Waals surface area contributed by atoms with Crippen LogP contribution in [0.2, 0.25) is 0 Å². The highest BCUT2D eigenvalue weighted by Crippen LogP contribution is 2.62. The minimum Gasteiger partial charge on any atom is -0.490 e. The largest absolute Gasteiger partial charge is 0.490 e. The Morgan fingerprint density at radius 2 is 1.75 bits per heavy atom. The molecule has 10 nitrogen and oxygen atoms in total. The standard InChI is InChI=1S/C46H64N2O8/c1-7-23-48(44(51)53-32-45(4,5)6)41-30-39(47-55-31-33-17-11-10-12-18-33)37-28-34(19-13-15-24-49)36(20-14-16-25-50)42-38-29-35(52-26-8-2)21-22-40(38)56-46(41,43(37)42)54-27-9-3/h8-12,17-18,21-22,28-29,34,36,41-43,49-50H,2-3,7,13-16,19-20,23-27,30-32H2,1,4-6H3/t34-,36+,41-,42+,43+,46+/m0/s1. The second kappa shape index (κ2) is 20.3. The smallest absolute Gasteiger partial charge is 0.410 e. The molecule has 1 aliphatic heterocycles. The number of fused-ring (bicyclic) bond motifs is 2. The maximum absolute atomic E-state index is 14.4. The molecule has 0 radical (unpaired) electrons. The molecule has 2 aliphatic carbocycles. The maximum Gasteiger partial charge on any atom is 0.410 e. The summed E-state index contributed by atoms with van der Waals surface area (Å²) in [5.74, 6) is -0.294. The summed E-state index contributed by atoms with van der Waals surface area (Å²) in [7, 11) is 0. The average molecular weight is 773 g/mol. The highest BCUT2D eigenvalue weighted by atomic mass is 16.7. The van der Waals surface area contributed by atoms with Crippen LogP contribution in [0.25, 0.3) is 0 Å². The van der Waals surface area contributed by atoms with Crippen molar-refractivity contribution in [1.29, 1.82) is 0 Å². The molecule has 1 heterocycles. The molecule has 306 valence electrons. The van der Waals surface area contributed by atoms with E-state index in [-0.39, 0.29) is 56.2 Å². The Labute approximate surface area is 334 Å². The number of allylic oxidation sites excluding steroid dienone is 1. The van der Waals surface area contributed by atoms with Gasteiger partial charge in [0.2, 0.25) is 5.79 Å². The Morgan fingerprint density at radius 1 is 1.02 bits per heavy atom. The number of hydrogen-bond donors (Lipinski definition) is 2. The van der Waals surface area contributed by atoms with E-state index in [0.29, 0.717) is 50.3 Å². The first-order chi connectivity index (χ1) is 27.1. The van der Waals surface area contributed by atoms with E-state index in [1.165, 1.54) is 0 Å². The third-order valence-corrected chi connectivity index (χ3v) is 11.0. The van der Waals surface area contributed by atoms with Crippen LogP contribution in [0, 0.1) is 23.2 Å². The lowest BCUT2D eigenvalue weighted by molar-refractivity contribution is -0.255. The summed E-state index contributed by atoms with van der Waals surface area (Å²) in [6.07, 6.45) is 11.1. The minimum absolute atomic E-state index is 0.107. The number of amides is 1. The average Bonchev–Trinajstić information content (AvgIpc) is 3.19. The number of aliphatic hydroxyl groups is 2. The third kappa shape index (κ3) is 10.2. The summed E-state index contributed by atoms with van der Waals surface area (Å²) in [5, 5.41) is 24.6. The minimum atomic E-state index is -1.35. The van der Waals surface area contributed by atoms with E-state index < -0.39 is 23.8 Å². The summed E-state index contributed by atoms with van der Waals surface area (Å²) in [4.78, 5) is 22.3. The Morgan fingerprint density at radius 3 is 2.43 bits per heavy atom. The molecule has 0 unspecified atom stereocenters. The predicted octanol–water partition coefficient (Wildman–Crippen LogP) is 8.98. The van der Waals surface area contributed by atoms with Gasteiger partial charge in [0.15, 0.2) is 0 Å². The van der Waals surface area contributed by atoms with E-state index in [9.17, 15) is 15.0 Å². The van der Waals surface area contributed by atoms with Crippen molar-refractivity contribution in [3.8, 4) is 11.5 Å². The van der Waals surface area contributed by atoms with Crippen molar-refractivity contribution in [3.05, 3.63) is 96.6 Å². The molecule has 1 saturated carbocycles. The van der Waals surface area contributed by atoms with Crippen LogP contribution in [0.4, 0.5) is 4.79 Å². The first kappa shape index (κ1) is 43.0. The van der Waals surface area contributed by atoms with Crippen molar-refractivity contribution in [2.75, 3.05) is 39.6 Å². The number of oxime groups is 1. The Hall–Kier alpha value is -4.12. The van der Waals surface area contributed by atoms with Crippen molar-refractivity contribution in [2.45, 2.75) is 103 Å². The summed E-state index contributed by atoms with van der Waals surface area (Å²) in [6, 6.07) is 15.2. The SMILES string of the molecule is C=CCOc1ccc2c(c1)[C@H]1[C@H](CCCCO)[C@@H](CCCCO)C=C3C(=NOCc4ccccc4)C[C@H](N(CCC)C(=O)OCC(C)(C)C)[C@@](OCC=C)(O2)[C@H]31. The van der Waals surface area contributed by atoms with E-state index >= 15 is 0 Å². The Bertz CT molecular complexity index is 1650. The van der Waals surface area contributed by atoms with Gasteiger partial charge in [0, 0.05) is 37.7 Å². The van der Waals surface area contributed by atoms with Gasteiger partial charge in [-0.15, -0.1) is 6.58 Å². The van der Waals surface area contributed by atoms with Crippen molar-refractivity contribution < 1.29 is 38.8 Å². The quantitative estimate of drug-likeness (QED) is 0.0734. The van der Waals surface area contributed by atoms with Gasteiger partial charge in [0.1, 0.15) is 30.8 Å². The molecule has 1 fully saturated rings. The molecule has 2 aromatic carbocycles. The number of aliphatic hydroxyl groups excluding tert-OH is 2. The molecular formula is C46H64N2O8. The zero-order chi connectivity index (χ0) is 40.1. The summed E-state index contributed by atoms with van der Waals surface area (Å²) in [5.41, 5.74) is 3.49. The molecule has 5 rings (SSSR count). The van der Waals surface area contributed by atoms with Gasteiger partial charge in [0.05, 0.1) is 24.8 Å². The lowest BCUT2D eigenvalue weighted by Gasteiger charge is -2.60. The third-order valence-electron chi connectivity index (χ3n) is 11.0. The lowest BCUT2D eigenvalue weighted by Crippen LogP contribution is -2.70. The van der Waals surface area contributed by atoms with Gasteiger partial charge in [-0.2, -0.15) is 0 Å². The fourth-order valence-corrected chi connectivity index (χ4v) is 8.63. The van der Waals surface area contributed by atoms with Crippen LogP contribution in [0.15, 0.2) is 90.6 Å². The topological polar surface area (TPSA) is 119 Å². The van der Waals surface area contributed by atoms with Gasteiger partial charge < -0.3 is 34.0 Å². The molecule has 2 aromatic rings. The highest BCUT2D eigenvalue weighted by Gasteiger charge is 2.65. The molecule has 10 heteroatoms. The van der Waals surface area contributed by atoms with E-state index in [0.717, 1.165) is 48.1 Å². The van der Waals surface area contributed by atoms with Gasteiger partial charge in [-0.05, 0) is 78.7 Å². The van der Waals surface area contributed by atoms with Gasteiger partial charge in [0.25, 0.3) is 0 Å². The van der Waals surface area contributed by atoms with Crippen LogP contribution >= 0.6 is 0 Å². The number of benzene rings is 2. The van der Waals surface area contributed by atoms with E-state index in [2.05, 4.69) is 25.3 Å². The first-order valence-corrected chi connectivity index (χ1v) is 20.5. The van der Waals surface area contributed by atoms with Crippen LogP contribution in [0.5, 0.6) is 11.5 Å². The van der Waals surface area contributed by atoms with Gasteiger partial charge >= 0.3 is 6.09 Å². The number of ether oxygens (including phenoxy) is 4. The normalized spacial score (nSPS) is 24.6. The predicted molar refractivity (Wildman–Crippen MR) is 220 cm³/mol. The van der Waals surface area contributed by atoms with Crippen molar-refractivity contribution >= 4 is 11.8 Å². The molecule has 0 spiro atoms. The molecule has 0 aromatic heterocycles. The number of unbranched alkanes of at least 4 members (excludes halogenated alkanes) is 2. The molecule has 3 aliphatic rings. The molecular weight excluding hydrogens is 709 g/mol. The van der Waals surface area contributed by atoms with Crippen LogP contribution in [0.1, 0.15) is 96.1 Å². The molecule has 56 heavy (non-hydrogen) atoms. The second-order valence-corrected chi connectivity index (χ2v) is 16.4. The molecule has 0 bridgehead atoms. The summed E-state index contributed by atoms with van der Waals surface area (Å²) in [6.45, 7) is 17.8. The monoisotopic (exact) mass is 772 g/mol. The number of carbonyl (C=O) groups excluding carboxylic acids is 1. The zero-order valence-corrected chi connectivity index (χ0v) is 34.0. The molecule has 6 atom stereocenters. The molecule has 0 saturated heterocycles. The van der Waals surface area contributed by atoms with Crippen LogP contribution < -0.4 is 9.47 Å². The van der Waals surface area contributed by atoms with Gasteiger partial charge in [-0.1, -0.05) is 101 Å². The highest BCUT2D eigenvalue weighted by molar-refractivity contribution is 6.03. The van der Waals surface area contributed by atoms with E-state index in [1.54, 1.807) is 17.1 Å². The van der Waals surface area contributed by atoms with Crippen LogP contribution in [-0.2, 0) is 20.9 Å². The lowest BCUT2D eigenvalue weighted by atomic mass is 9.55. The maximum atomic E-state index is 14.4. The Balaban J connectivity index is 1.76. The van der Waals surface area contributed by atoms with Gasteiger partial charge in [-0.25, -0.2) is 4.79 Å². The fraction of sp³-hybridized carbons (Fsp3) is 0.565. The number of nitrogens with zero attached hydrogens (tertiary/aromatic N) is 2. The van der Waals surface area contributed by atoms with Crippen molar-refractivity contribution in [1.82, 2.24) is 4.90 Å². The molecule has 2 N–H and O–H groups in total. The Kier molecular flexibility index (Phi) is 15.6. The van der Waals surface area contributed by atoms with E-state index in [4.69, 9.17) is 28.9 Å². The van der Waals surface area contributed by atoms with E-state index in [1.807, 2.05) is 70.2 Å². The van der Waals surface area contributed by atoms with Crippen molar-refractivity contribution in [2.24, 2.45) is 28.3 Å². The molecule has 1 amide bonds. The zero-order valence-electron chi connectivity index (χ0n) is 34.0. The second-order valence-electron chi connectivity index (χ2n) is 16.4. The number of carbonyl (C=O) groups is 1. The number of rotatable bonds is 21.